The summed E-state index contributed by atoms with van der Waals surface area (Å²) in [4.78, 5) is 12.3. The molecule has 1 aromatic carbocycles. The van der Waals surface area contributed by atoms with Crippen LogP contribution in [0.1, 0.15) is 43.2 Å². The molecule has 1 aliphatic rings. The molecule has 7 heteroatoms. The molecule has 148 valence electrons. The molecule has 28 heavy (non-hydrogen) atoms. The van der Waals surface area contributed by atoms with E-state index in [9.17, 15) is 0 Å². The average molecular weight is 496 g/mol. The molecule has 0 amide bonds. The predicted molar refractivity (Wildman–Crippen MR) is 125 cm³/mol. The highest BCUT2D eigenvalue weighted by molar-refractivity contribution is 9.10. The molecule has 0 radical (unpaired) electrons. The molecular weight excluding hydrogens is 472 g/mol. The molecule has 0 spiro atoms. The van der Waals surface area contributed by atoms with Gasteiger partial charge in [-0.2, -0.15) is 0 Å². The molecule has 0 unspecified atom stereocenters. The Balaban J connectivity index is 1.72. The van der Waals surface area contributed by atoms with Gasteiger partial charge < -0.3 is 4.74 Å². The number of thiophene rings is 1. The van der Waals surface area contributed by atoms with Gasteiger partial charge in [-0.15, -0.1) is 23.1 Å². The first-order chi connectivity index (χ1) is 13.4. The summed E-state index contributed by atoms with van der Waals surface area (Å²) in [6.45, 7) is 7.20. The van der Waals surface area contributed by atoms with Crippen LogP contribution in [0.15, 0.2) is 38.9 Å². The standard InChI is InChI=1S/C21H23BrN2OS3/c1-4-9-26-20-23-18(27-12-13-5-7-14(22)8-6-13)17-15-10-21(2,3)25-11-16(15)28-19(17)24-20/h5-8H,4,9-12H2,1-3H3. The van der Waals surface area contributed by atoms with Gasteiger partial charge >= 0.3 is 0 Å². The highest BCUT2D eigenvalue weighted by atomic mass is 79.9. The number of thioether (sulfide) groups is 2. The Labute approximate surface area is 187 Å². The number of ether oxygens (including phenoxy) is 1. The van der Waals surface area contributed by atoms with Crippen molar-refractivity contribution in [3.8, 4) is 0 Å². The fraction of sp³-hybridized carbons (Fsp3) is 0.429. The minimum atomic E-state index is -0.135. The number of halogens is 1. The summed E-state index contributed by atoms with van der Waals surface area (Å²) in [5.41, 5.74) is 2.56. The van der Waals surface area contributed by atoms with Gasteiger partial charge in [-0.3, -0.25) is 0 Å². The van der Waals surface area contributed by atoms with Gasteiger partial charge in [0.05, 0.1) is 12.2 Å². The Kier molecular flexibility index (Phi) is 6.38. The van der Waals surface area contributed by atoms with E-state index in [-0.39, 0.29) is 5.60 Å². The zero-order valence-corrected chi connectivity index (χ0v) is 20.3. The summed E-state index contributed by atoms with van der Waals surface area (Å²) in [7, 11) is 0. The number of hydrogen-bond acceptors (Lipinski definition) is 6. The summed E-state index contributed by atoms with van der Waals surface area (Å²) in [5.74, 6) is 1.95. The Bertz CT molecular complexity index is 985. The molecule has 3 nitrogen and oxygen atoms in total. The highest BCUT2D eigenvalue weighted by Gasteiger charge is 2.31. The van der Waals surface area contributed by atoms with Crippen molar-refractivity contribution in [2.24, 2.45) is 0 Å². The van der Waals surface area contributed by atoms with E-state index in [1.807, 2.05) is 11.8 Å². The van der Waals surface area contributed by atoms with E-state index in [0.717, 1.165) is 43.8 Å². The SMILES string of the molecule is CCCSc1nc(SCc2ccc(Br)cc2)c2c3c(sc2n1)COC(C)(C)C3. The summed E-state index contributed by atoms with van der Waals surface area (Å²) in [5, 5.41) is 3.26. The number of hydrogen-bond donors (Lipinski definition) is 0. The van der Waals surface area contributed by atoms with E-state index in [2.05, 4.69) is 61.0 Å². The van der Waals surface area contributed by atoms with Crippen molar-refractivity contribution in [1.82, 2.24) is 9.97 Å². The molecule has 1 aliphatic heterocycles. The fourth-order valence-corrected chi connectivity index (χ4v) is 6.44. The Hall–Kier alpha value is -0.600. The van der Waals surface area contributed by atoms with Gasteiger partial charge in [-0.25, -0.2) is 9.97 Å². The van der Waals surface area contributed by atoms with Crippen LogP contribution in [0.2, 0.25) is 0 Å². The first kappa shape index (κ1) is 20.7. The molecule has 3 aromatic rings. The lowest BCUT2D eigenvalue weighted by atomic mass is 9.95. The van der Waals surface area contributed by atoms with Crippen molar-refractivity contribution < 1.29 is 4.74 Å². The number of nitrogens with zero attached hydrogens (tertiary/aromatic N) is 2. The summed E-state index contributed by atoms with van der Waals surface area (Å²) in [6.07, 6.45) is 2.04. The molecule has 0 atom stereocenters. The first-order valence-electron chi connectivity index (χ1n) is 9.41. The molecule has 2 aromatic heterocycles. The van der Waals surface area contributed by atoms with Crippen LogP contribution in [0.4, 0.5) is 0 Å². The smallest absolute Gasteiger partial charge is 0.190 e. The van der Waals surface area contributed by atoms with E-state index >= 15 is 0 Å². The van der Waals surface area contributed by atoms with Crippen LogP contribution in [0.3, 0.4) is 0 Å². The van der Waals surface area contributed by atoms with Gasteiger partial charge in [0.2, 0.25) is 0 Å². The molecule has 3 heterocycles. The van der Waals surface area contributed by atoms with E-state index < -0.39 is 0 Å². The minimum absolute atomic E-state index is 0.135. The van der Waals surface area contributed by atoms with Crippen molar-refractivity contribution in [3.63, 3.8) is 0 Å². The lowest BCUT2D eigenvalue weighted by Gasteiger charge is -2.30. The van der Waals surface area contributed by atoms with Crippen LogP contribution in [-0.2, 0) is 23.5 Å². The van der Waals surface area contributed by atoms with Crippen molar-refractivity contribution in [1.29, 1.82) is 0 Å². The Morgan fingerprint density at radius 3 is 2.71 bits per heavy atom. The normalized spacial score (nSPS) is 15.7. The molecule has 0 aliphatic carbocycles. The van der Waals surface area contributed by atoms with Crippen molar-refractivity contribution in [3.05, 3.63) is 44.7 Å². The maximum absolute atomic E-state index is 6.04. The van der Waals surface area contributed by atoms with E-state index in [0.29, 0.717) is 6.61 Å². The lowest BCUT2D eigenvalue weighted by molar-refractivity contribution is -0.0379. The van der Waals surface area contributed by atoms with Crippen LogP contribution in [0, 0.1) is 0 Å². The van der Waals surface area contributed by atoms with Gasteiger partial charge in [-0.1, -0.05) is 46.7 Å². The number of benzene rings is 1. The third kappa shape index (κ3) is 4.59. The van der Waals surface area contributed by atoms with Gasteiger partial charge in [0.15, 0.2) is 5.16 Å². The van der Waals surface area contributed by atoms with Gasteiger partial charge in [-0.05, 0) is 43.5 Å². The zero-order chi connectivity index (χ0) is 19.7. The number of aromatic nitrogens is 2. The van der Waals surface area contributed by atoms with Crippen LogP contribution in [0.5, 0.6) is 0 Å². The van der Waals surface area contributed by atoms with Crippen molar-refractivity contribution >= 4 is 61.0 Å². The molecule has 4 rings (SSSR count). The monoisotopic (exact) mass is 494 g/mol. The molecular formula is C21H23BrN2OS3. The predicted octanol–water partition coefficient (Wildman–Crippen LogP) is 7.10. The number of rotatable bonds is 6. The maximum Gasteiger partial charge on any atom is 0.190 e. The fourth-order valence-electron chi connectivity index (χ4n) is 3.19. The third-order valence-electron chi connectivity index (χ3n) is 4.60. The van der Waals surface area contributed by atoms with Gasteiger partial charge in [0, 0.05) is 32.7 Å². The van der Waals surface area contributed by atoms with E-state index in [1.54, 1.807) is 23.1 Å². The van der Waals surface area contributed by atoms with E-state index in [4.69, 9.17) is 14.7 Å². The summed E-state index contributed by atoms with van der Waals surface area (Å²) < 4.78 is 7.15. The van der Waals surface area contributed by atoms with Crippen LogP contribution in [0.25, 0.3) is 10.2 Å². The molecule has 0 saturated heterocycles. The second-order valence-corrected chi connectivity index (χ2v) is 11.5. The lowest BCUT2D eigenvalue weighted by Crippen LogP contribution is -2.31. The van der Waals surface area contributed by atoms with E-state index in [1.165, 1.54) is 21.4 Å². The topological polar surface area (TPSA) is 35.0 Å². The zero-order valence-electron chi connectivity index (χ0n) is 16.3. The first-order valence-corrected chi connectivity index (χ1v) is 13.0. The van der Waals surface area contributed by atoms with Crippen molar-refractivity contribution in [2.45, 2.75) is 61.8 Å². The van der Waals surface area contributed by atoms with Crippen molar-refractivity contribution in [2.75, 3.05) is 5.75 Å². The largest absolute Gasteiger partial charge is 0.370 e. The van der Waals surface area contributed by atoms with Gasteiger partial charge in [0.25, 0.3) is 0 Å². The highest BCUT2D eigenvalue weighted by Crippen LogP contribution is 2.42. The molecule has 0 fully saturated rings. The maximum atomic E-state index is 6.04. The summed E-state index contributed by atoms with van der Waals surface area (Å²) in [6, 6.07) is 8.53. The third-order valence-corrected chi connectivity index (χ3v) is 8.33. The average Bonchev–Trinajstić information content (AvgIpc) is 3.02. The second-order valence-electron chi connectivity index (χ2n) is 7.48. The van der Waals surface area contributed by atoms with Crippen LogP contribution >= 0.6 is 50.8 Å². The molecule has 0 N–H and O–H groups in total. The van der Waals surface area contributed by atoms with Gasteiger partial charge in [0.1, 0.15) is 9.86 Å². The molecule has 0 saturated carbocycles. The second kappa shape index (κ2) is 8.64. The number of fused-ring (bicyclic) bond motifs is 3. The quantitative estimate of drug-likeness (QED) is 0.207. The molecule has 0 bridgehead atoms. The van der Waals surface area contributed by atoms with Crippen LogP contribution < -0.4 is 0 Å². The summed E-state index contributed by atoms with van der Waals surface area (Å²) >= 11 is 8.86. The van der Waals surface area contributed by atoms with Crippen LogP contribution in [-0.4, -0.2) is 21.3 Å². The minimum Gasteiger partial charge on any atom is -0.370 e. The Morgan fingerprint density at radius 1 is 1.18 bits per heavy atom. The Morgan fingerprint density at radius 2 is 1.96 bits per heavy atom.